The van der Waals surface area contributed by atoms with Crippen LogP contribution in [0, 0.1) is 0 Å². The molecular formula is C17H18O3. The second-order valence-corrected chi connectivity index (χ2v) is 4.41. The molecule has 0 unspecified atom stereocenters. The maximum atomic E-state index is 12.6. The van der Waals surface area contributed by atoms with E-state index in [-0.39, 0.29) is 5.78 Å². The van der Waals surface area contributed by atoms with E-state index >= 15 is 0 Å². The Bertz CT molecular complexity index is 603. The van der Waals surface area contributed by atoms with Crippen LogP contribution in [0.15, 0.2) is 42.5 Å². The summed E-state index contributed by atoms with van der Waals surface area (Å²) in [6, 6.07) is 12.9. The van der Waals surface area contributed by atoms with Crippen molar-refractivity contribution in [2.45, 2.75) is 13.3 Å². The fraction of sp³-hybridized carbons (Fsp3) is 0.235. The van der Waals surface area contributed by atoms with Crippen LogP contribution in [0.1, 0.15) is 28.4 Å². The van der Waals surface area contributed by atoms with Gasteiger partial charge in [-0.1, -0.05) is 37.3 Å². The molecule has 0 atom stereocenters. The van der Waals surface area contributed by atoms with Gasteiger partial charge < -0.3 is 9.47 Å². The molecule has 2 aromatic rings. The molecule has 0 aliphatic carbocycles. The summed E-state index contributed by atoms with van der Waals surface area (Å²) in [5.41, 5.74) is 2.29. The largest absolute Gasteiger partial charge is 0.493 e. The van der Waals surface area contributed by atoms with Gasteiger partial charge in [0.05, 0.1) is 14.2 Å². The molecule has 104 valence electrons. The number of carbonyl (C=O) groups excluding carboxylic acids is 1. The van der Waals surface area contributed by atoms with Gasteiger partial charge in [-0.3, -0.25) is 4.79 Å². The SMILES string of the molecule is CCc1cc(OC)c(OC)cc1C(=O)c1ccccc1. The van der Waals surface area contributed by atoms with Crippen LogP contribution >= 0.6 is 0 Å². The Balaban J connectivity index is 2.53. The summed E-state index contributed by atoms with van der Waals surface area (Å²) in [5, 5.41) is 0. The molecule has 0 saturated heterocycles. The highest BCUT2D eigenvalue weighted by atomic mass is 16.5. The van der Waals surface area contributed by atoms with Crippen molar-refractivity contribution < 1.29 is 14.3 Å². The number of rotatable bonds is 5. The summed E-state index contributed by atoms with van der Waals surface area (Å²) in [7, 11) is 3.16. The van der Waals surface area contributed by atoms with Crippen molar-refractivity contribution in [1.29, 1.82) is 0 Å². The molecule has 3 nitrogen and oxygen atoms in total. The monoisotopic (exact) mass is 270 g/mol. The van der Waals surface area contributed by atoms with Gasteiger partial charge in [-0.15, -0.1) is 0 Å². The summed E-state index contributed by atoms with van der Waals surface area (Å²) >= 11 is 0. The van der Waals surface area contributed by atoms with Crippen LogP contribution in [0.4, 0.5) is 0 Å². The molecule has 2 aromatic carbocycles. The molecule has 20 heavy (non-hydrogen) atoms. The van der Waals surface area contributed by atoms with E-state index in [9.17, 15) is 4.79 Å². The first-order chi connectivity index (χ1) is 9.71. The first kappa shape index (κ1) is 14.1. The van der Waals surface area contributed by atoms with E-state index in [1.165, 1.54) is 0 Å². The first-order valence-corrected chi connectivity index (χ1v) is 6.55. The molecule has 0 radical (unpaired) electrons. The number of benzene rings is 2. The van der Waals surface area contributed by atoms with Crippen LogP contribution < -0.4 is 9.47 Å². The maximum Gasteiger partial charge on any atom is 0.193 e. The van der Waals surface area contributed by atoms with Gasteiger partial charge in [0.15, 0.2) is 17.3 Å². The zero-order valence-electron chi connectivity index (χ0n) is 12.0. The number of hydrogen-bond donors (Lipinski definition) is 0. The Morgan fingerprint density at radius 3 is 2.15 bits per heavy atom. The fourth-order valence-corrected chi connectivity index (χ4v) is 2.17. The predicted molar refractivity (Wildman–Crippen MR) is 78.8 cm³/mol. The second kappa shape index (κ2) is 6.24. The molecule has 0 heterocycles. The normalized spacial score (nSPS) is 10.2. The highest BCUT2D eigenvalue weighted by molar-refractivity contribution is 6.10. The Kier molecular flexibility index (Phi) is 4.41. The molecule has 0 N–H and O–H groups in total. The Hall–Kier alpha value is -2.29. The van der Waals surface area contributed by atoms with Gasteiger partial charge in [0.2, 0.25) is 0 Å². The van der Waals surface area contributed by atoms with Gasteiger partial charge in [-0.05, 0) is 24.1 Å². The highest BCUT2D eigenvalue weighted by Gasteiger charge is 2.17. The number of aryl methyl sites for hydroxylation is 1. The zero-order chi connectivity index (χ0) is 14.5. The topological polar surface area (TPSA) is 35.5 Å². The summed E-state index contributed by atoms with van der Waals surface area (Å²) in [5.74, 6) is 1.22. The van der Waals surface area contributed by atoms with Gasteiger partial charge in [-0.25, -0.2) is 0 Å². The van der Waals surface area contributed by atoms with Gasteiger partial charge >= 0.3 is 0 Å². The lowest BCUT2D eigenvalue weighted by Gasteiger charge is -2.13. The summed E-state index contributed by atoms with van der Waals surface area (Å²) < 4.78 is 10.6. The molecule has 2 rings (SSSR count). The van der Waals surface area contributed by atoms with Crippen LogP contribution in [-0.4, -0.2) is 20.0 Å². The number of methoxy groups -OCH3 is 2. The van der Waals surface area contributed by atoms with Crippen molar-refractivity contribution in [3.63, 3.8) is 0 Å². The smallest absolute Gasteiger partial charge is 0.193 e. The minimum Gasteiger partial charge on any atom is -0.493 e. The molecule has 0 amide bonds. The molecular weight excluding hydrogens is 252 g/mol. The van der Waals surface area contributed by atoms with Crippen LogP contribution in [0.2, 0.25) is 0 Å². The predicted octanol–water partition coefficient (Wildman–Crippen LogP) is 3.50. The first-order valence-electron chi connectivity index (χ1n) is 6.55. The minimum atomic E-state index is 0.00315. The van der Waals surface area contributed by atoms with E-state index < -0.39 is 0 Å². The molecule has 0 saturated carbocycles. The van der Waals surface area contributed by atoms with E-state index in [0.717, 1.165) is 12.0 Å². The van der Waals surface area contributed by atoms with E-state index in [0.29, 0.717) is 22.6 Å². The second-order valence-electron chi connectivity index (χ2n) is 4.41. The van der Waals surface area contributed by atoms with Gasteiger partial charge in [0.1, 0.15) is 0 Å². The number of hydrogen-bond acceptors (Lipinski definition) is 3. The third-order valence-electron chi connectivity index (χ3n) is 3.27. The van der Waals surface area contributed by atoms with Crippen LogP contribution in [0.5, 0.6) is 11.5 Å². The third kappa shape index (κ3) is 2.67. The van der Waals surface area contributed by atoms with Crippen molar-refractivity contribution >= 4 is 5.78 Å². The maximum absolute atomic E-state index is 12.6. The lowest BCUT2D eigenvalue weighted by atomic mass is 9.96. The molecule has 0 fully saturated rings. The molecule has 0 aliphatic heterocycles. The summed E-state index contributed by atoms with van der Waals surface area (Å²) in [4.78, 5) is 12.6. The highest BCUT2D eigenvalue weighted by Crippen LogP contribution is 2.31. The van der Waals surface area contributed by atoms with Crippen molar-refractivity contribution in [3.05, 3.63) is 59.2 Å². The van der Waals surface area contributed by atoms with Gasteiger partial charge in [0.25, 0.3) is 0 Å². The summed E-state index contributed by atoms with van der Waals surface area (Å²) in [6.07, 6.45) is 0.758. The van der Waals surface area contributed by atoms with Gasteiger partial charge in [0, 0.05) is 11.1 Å². The standard InChI is InChI=1S/C17H18O3/c1-4-12-10-15(19-2)16(20-3)11-14(12)17(18)13-8-6-5-7-9-13/h5-11H,4H2,1-3H3. The number of ketones is 1. The molecule has 0 bridgehead atoms. The Morgan fingerprint density at radius 2 is 1.60 bits per heavy atom. The zero-order valence-corrected chi connectivity index (χ0v) is 12.0. The molecule has 3 heteroatoms. The van der Waals surface area contributed by atoms with Gasteiger partial charge in [-0.2, -0.15) is 0 Å². The molecule has 0 aliphatic rings. The lowest BCUT2D eigenvalue weighted by Crippen LogP contribution is -2.06. The Labute approximate surface area is 119 Å². The van der Waals surface area contributed by atoms with Crippen molar-refractivity contribution in [1.82, 2.24) is 0 Å². The molecule has 0 spiro atoms. The minimum absolute atomic E-state index is 0.00315. The van der Waals surface area contributed by atoms with E-state index in [4.69, 9.17) is 9.47 Å². The average Bonchev–Trinajstić information content (AvgIpc) is 2.53. The van der Waals surface area contributed by atoms with Crippen molar-refractivity contribution in [3.8, 4) is 11.5 Å². The average molecular weight is 270 g/mol. The van der Waals surface area contributed by atoms with Crippen LogP contribution in [0.3, 0.4) is 0 Å². The fourth-order valence-electron chi connectivity index (χ4n) is 2.17. The van der Waals surface area contributed by atoms with E-state index in [2.05, 4.69) is 0 Å². The molecule has 0 aromatic heterocycles. The Morgan fingerprint density at radius 1 is 1.00 bits per heavy atom. The van der Waals surface area contributed by atoms with Crippen LogP contribution in [-0.2, 0) is 6.42 Å². The third-order valence-corrected chi connectivity index (χ3v) is 3.27. The van der Waals surface area contributed by atoms with E-state index in [1.807, 2.05) is 43.3 Å². The van der Waals surface area contributed by atoms with Crippen LogP contribution in [0.25, 0.3) is 0 Å². The van der Waals surface area contributed by atoms with Crippen molar-refractivity contribution in [2.75, 3.05) is 14.2 Å². The summed E-state index contributed by atoms with van der Waals surface area (Å²) in [6.45, 7) is 2.02. The number of ether oxygens (including phenoxy) is 2. The van der Waals surface area contributed by atoms with Crippen molar-refractivity contribution in [2.24, 2.45) is 0 Å². The number of carbonyl (C=O) groups is 1. The quantitative estimate of drug-likeness (QED) is 0.780. The lowest BCUT2D eigenvalue weighted by molar-refractivity contribution is 0.103. The van der Waals surface area contributed by atoms with E-state index in [1.54, 1.807) is 20.3 Å².